The predicted octanol–water partition coefficient (Wildman–Crippen LogP) is 3.20. The van der Waals surface area contributed by atoms with Crippen molar-refractivity contribution in [1.82, 2.24) is 0 Å². The molecule has 1 aromatic carbocycles. The number of carbonyl (C=O) groups excluding carboxylic acids is 1. The van der Waals surface area contributed by atoms with Crippen molar-refractivity contribution in [3.63, 3.8) is 0 Å². The Kier molecular flexibility index (Phi) is 6.21. The van der Waals surface area contributed by atoms with Crippen LogP contribution in [0.2, 0.25) is 0 Å². The van der Waals surface area contributed by atoms with Crippen molar-refractivity contribution in [2.45, 2.75) is 57.9 Å². The molecule has 2 unspecified atom stereocenters. The number of rotatable bonds is 7. The summed E-state index contributed by atoms with van der Waals surface area (Å²) in [5, 5.41) is 0. The summed E-state index contributed by atoms with van der Waals surface area (Å²) in [6, 6.07) is 8.40. The lowest BCUT2D eigenvalue weighted by atomic mass is 9.72. The molecule has 3 heteroatoms. The number of esters is 1. The molecule has 1 aromatic rings. The van der Waals surface area contributed by atoms with E-state index in [1.807, 2.05) is 13.8 Å². The van der Waals surface area contributed by atoms with E-state index in [4.69, 9.17) is 10.5 Å². The van der Waals surface area contributed by atoms with Crippen molar-refractivity contribution in [2.75, 3.05) is 7.11 Å². The number of benzene rings is 1. The van der Waals surface area contributed by atoms with E-state index in [0.717, 1.165) is 24.8 Å². The van der Waals surface area contributed by atoms with Crippen molar-refractivity contribution >= 4 is 5.97 Å². The van der Waals surface area contributed by atoms with Crippen LogP contribution in [0.5, 0.6) is 0 Å². The highest BCUT2D eigenvalue weighted by Crippen LogP contribution is 2.32. The Morgan fingerprint density at radius 3 is 2.35 bits per heavy atom. The van der Waals surface area contributed by atoms with Gasteiger partial charge in [-0.1, -0.05) is 51.5 Å². The van der Waals surface area contributed by atoms with Gasteiger partial charge in [0, 0.05) is 11.5 Å². The SMILES string of the molecule is CCCc1ccc(C(C)(CC(=O)OC)C(N)CC)cc1. The normalized spacial score (nSPS) is 15.4. The minimum Gasteiger partial charge on any atom is -0.469 e. The average Bonchev–Trinajstić information content (AvgIpc) is 2.47. The van der Waals surface area contributed by atoms with Crippen molar-refractivity contribution in [3.05, 3.63) is 35.4 Å². The van der Waals surface area contributed by atoms with Gasteiger partial charge in [0.2, 0.25) is 0 Å². The summed E-state index contributed by atoms with van der Waals surface area (Å²) in [6.07, 6.45) is 3.34. The highest BCUT2D eigenvalue weighted by atomic mass is 16.5. The first-order valence-electron chi connectivity index (χ1n) is 7.39. The fourth-order valence-corrected chi connectivity index (χ4v) is 2.61. The Labute approximate surface area is 122 Å². The van der Waals surface area contributed by atoms with Crippen molar-refractivity contribution in [2.24, 2.45) is 5.73 Å². The molecule has 0 aliphatic heterocycles. The number of carbonyl (C=O) groups is 1. The van der Waals surface area contributed by atoms with Crippen LogP contribution in [0.25, 0.3) is 0 Å². The minimum absolute atomic E-state index is 0.0707. The molecule has 0 aliphatic rings. The molecular weight excluding hydrogens is 250 g/mol. The number of hydrogen-bond donors (Lipinski definition) is 1. The highest BCUT2D eigenvalue weighted by Gasteiger charge is 2.35. The van der Waals surface area contributed by atoms with Crippen molar-refractivity contribution in [3.8, 4) is 0 Å². The van der Waals surface area contributed by atoms with E-state index in [1.165, 1.54) is 12.7 Å². The summed E-state index contributed by atoms with van der Waals surface area (Å²) < 4.78 is 4.83. The Morgan fingerprint density at radius 2 is 1.90 bits per heavy atom. The number of methoxy groups -OCH3 is 1. The minimum atomic E-state index is -0.382. The smallest absolute Gasteiger partial charge is 0.306 e. The third-order valence-corrected chi connectivity index (χ3v) is 4.15. The van der Waals surface area contributed by atoms with Gasteiger partial charge < -0.3 is 10.5 Å². The maximum atomic E-state index is 11.7. The van der Waals surface area contributed by atoms with Gasteiger partial charge in [-0.25, -0.2) is 0 Å². The topological polar surface area (TPSA) is 52.3 Å². The van der Waals surface area contributed by atoms with Crippen LogP contribution in [0.3, 0.4) is 0 Å². The third-order valence-electron chi connectivity index (χ3n) is 4.15. The van der Waals surface area contributed by atoms with E-state index in [9.17, 15) is 4.79 Å². The summed E-state index contributed by atoms with van der Waals surface area (Å²) in [7, 11) is 1.42. The second-order valence-electron chi connectivity index (χ2n) is 5.63. The molecular formula is C17H27NO2. The molecule has 0 heterocycles. The van der Waals surface area contributed by atoms with Crippen LogP contribution in [0, 0.1) is 0 Å². The second kappa shape index (κ2) is 7.44. The standard InChI is InChI=1S/C17H27NO2/c1-5-7-13-8-10-14(11-9-13)17(3,15(18)6-2)12-16(19)20-4/h8-11,15H,5-7,12,18H2,1-4H3. The van der Waals surface area contributed by atoms with Crippen LogP contribution < -0.4 is 5.73 Å². The zero-order valence-corrected chi connectivity index (χ0v) is 13.1. The molecule has 0 spiro atoms. The quantitative estimate of drug-likeness (QED) is 0.779. The maximum absolute atomic E-state index is 11.7. The lowest BCUT2D eigenvalue weighted by Gasteiger charge is -2.35. The molecule has 0 bridgehead atoms. The van der Waals surface area contributed by atoms with Gasteiger partial charge >= 0.3 is 5.97 Å². The molecule has 112 valence electrons. The largest absolute Gasteiger partial charge is 0.469 e. The van der Waals surface area contributed by atoms with Gasteiger partial charge in [-0.3, -0.25) is 4.79 Å². The number of aryl methyl sites for hydroxylation is 1. The monoisotopic (exact) mass is 277 g/mol. The molecule has 1 rings (SSSR count). The van der Waals surface area contributed by atoms with E-state index in [1.54, 1.807) is 0 Å². The van der Waals surface area contributed by atoms with Crippen LogP contribution in [0.1, 0.15) is 51.2 Å². The molecule has 2 atom stereocenters. The Balaban J connectivity index is 3.06. The van der Waals surface area contributed by atoms with E-state index in [-0.39, 0.29) is 17.4 Å². The molecule has 2 N–H and O–H groups in total. The molecule has 0 amide bonds. The van der Waals surface area contributed by atoms with Gasteiger partial charge in [0.15, 0.2) is 0 Å². The van der Waals surface area contributed by atoms with Crippen LogP contribution in [0.15, 0.2) is 24.3 Å². The van der Waals surface area contributed by atoms with E-state index >= 15 is 0 Å². The fraction of sp³-hybridized carbons (Fsp3) is 0.588. The predicted molar refractivity (Wildman–Crippen MR) is 82.7 cm³/mol. The first kappa shape index (κ1) is 16.7. The Hall–Kier alpha value is -1.35. The first-order chi connectivity index (χ1) is 9.47. The number of nitrogens with two attached hydrogens (primary N) is 1. The maximum Gasteiger partial charge on any atom is 0.306 e. The highest BCUT2D eigenvalue weighted by molar-refractivity contribution is 5.71. The van der Waals surface area contributed by atoms with E-state index < -0.39 is 0 Å². The molecule has 0 aromatic heterocycles. The van der Waals surface area contributed by atoms with Crippen molar-refractivity contribution in [1.29, 1.82) is 0 Å². The average molecular weight is 277 g/mol. The molecule has 3 nitrogen and oxygen atoms in total. The van der Waals surface area contributed by atoms with Gasteiger partial charge in [-0.05, 0) is 24.0 Å². The lowest BCUT2D eigenvalue weighted by Crippen LogP contribution is -2.44. The molecule has 20 heavy (non-hydrogen) atoms. The van der Waals surface area contributed by atoms with Crippen LogP contribution in [-0.2, 0) is 21.4 Å². The Morgan fingerprint density at radius 1 is 1.30 bits per heavy atom. The molecule has 0 saturated heterocycles. The summed E-state index contributed by atoms with van der Waals surface area (Å²) in [6.45, 7) is 6.26. The molecule has 0 saturated carbocycles. The third kappa shape index (κ3) is 3.83. The number of ether oxygens (including phenoxy) is 1. The van der Waals surface area contributed by atoms with Gasteiger partial charge in [-0.15, -0.1) is 0 Å². The lowest BCUT2D eigenvalue weighted by molar-refractivity contribution is -0.142. The van der Waals surface area contributed by atoms with Gasteiger partial charge in [0.1, 0.15) is 0 Å². The summed E-state index contributed by atoms with van der Waals surface area (Å²) in [5.41, 5.74) is 8.32. The fourth-order valence-electron chi connectivity index (χ4n) is 2.61. The van der Waals surface area contributed by atoms with Crippen LogP contribution in [0.4, 0.5) is 0 Å². The van der Waals surface area contributed by atoms with Crippen LogP contribution in [-0.4, -0.2) is 19.1 Å². The summed E-state index contributed by atoms with van der Waals surface area (Å²) in [4.78, 5) is 11.7. The molecule has 0 radical (unpaired) electrons. The second-order valence-corrected chi connectivity index (χ2v) is 5.63. The molecule has 0 fully saturated rings. The van der Waals surface area contributed by atoms with Gasteiger partial charge in [0.05, 0.1) is 13.5 Å². The first-order valence-corrected chi connectivity index (χ1v) is 7.39. The van der Waals surface area contributed by atoms with Crippen LogP contribution >= 0.6 is 0 Å². The molecule has 0 aliphatic carbocycles. The van der Waals surface area contributed by atoms with Gasteiger partial charge in [-0.2, -0.15) is 0 Å². The summed E-state index contributed by atoms with van der Waals surface area (Å²) >= 11 is 0. The van der Waals surface area contributed by atoms with Crippen molar-refractivity contribution < 1.29 is 9.53 Å². The zero-order valence-electron chi connectivity index (χ0n) is 13.1. The van der Waals surface area contributed by atoms with E-state index in [0.29, 0.717) is 6.42 Å². The zero-order chi connectivity index (χ0) is 15.2. The van der Waals surface area contributed by atoms with Gasteiger partial charge in [0.25, 0.3) is 0 Å². The number of hydrogen-bond acceptors (Lipinski definition) is 3. The van der Waals surface area contributed by atoms with E-state index in [2.05, 4.69) is 31.2 Å². The summed E-state index contributed by atoms with van der Waals surface area (Å²) in [5.74, 6) is -0.214. The Bertz CT molecular complexity index is 427.